The third-order valence-corrected chi connectivity index (χ3v) is 8.24. The molecule has 0 unspecified atom stereocenters. The lowest BCUT2D eigenvalue weighted by atomic mass is 10.2. The van der Waals surface area contributed by atoms with E-state index in [0.29, 0.717) is 38.5 Å². The minimum absolute atomic E-state index is 0.302. The van der Waals surface area contributed by atoms with Gasteiger partial charge in [0.05, 0.1) is 16.9 Å². The molecule has 1 saturated heterocycles. The van der Waals surface area contributed by atoms with Crippen molar-refractivity contribution in [1.82, 2.24) is 30.5 Å². The van der Waals surface area contributed by atoms with Crippen LogP contribution in [0.2, 0.25) is 13.1 Å². The summed E-state index contributed by atoms with van der Waals surface area (Å²) in [5.74, 6) is 1.81. The Balaban J connectivity index is 1.62. The van der Waals surface area contributed by atoms with Gasteiger partial charge in [0.2, 0.25) is 0 Å². The van der Waals surface area contributed by atoms with Crippen LogP contribution in [0.4, 0.5) is 16.8 Å². The second kappa shape index (κ2) is 13.4. The number of halogens is 1. The second-order valence-electron chi connectivity index (χ2n) is 9.67. The highest BCUT2D eigenvalue weighted by atomic mass is 35.5. The van der Waals surface area contributed by atoms with Crippen molar-refractivity contribution in [3.63, 3.8) is 0 Å². The molecule has 0 spiro atoms. The summed E-state index contributed by atoms with van der Waals surface area (Å²) < 4.78 is 0. The van der Waals surface area contributed by atoms with Gasteiger partial charge in [-0.1, -0.05) is 41.7 Å². The van der Waals surface area contributed by atoms with E-state index in [1.807, 2.05) is 33.0 Å². The smallest absolute Gasteiger partial charge is 0.267 e. The molecule has 2 aromatic rings. The SMILES string of the molecule is C=C/C(C)=C(NC(=O)c1cnc(Nc2cc(N3CCN(CNC[Si](C)(C)O)CC3)nc(C)n2)s1)\C(Cl)=C/C. The number of rotatable bonds is 11. The van der Waals surface area contributed by atoms with Crippen LogP contribution in [-0.2, 0) is 0 Å². The lowest BCUT2D eigenvalue weighted by molar-refractivity contribution is 0.0970. The van der Waals surface area contributed by atoms with Crippen LogP contribution >= 0.6 is 22.9 Å². The first-order valence-electron chi connectivity index (χ1n) is 12.4. The molecule has 0 bridgehead atoms. The van der Waals surface area contributed by atoms with Crippen LogP contribution in [0, 0.1) is 6.92 Å². The fraction of sp³-hybridized carbons (Fsp3) is 0.440. The van der Waals surface area contributed by atoms with E-state index in [-0.39, 0.29) is 5.91 Å². The van der Waals surface area contributed by atoms with Crippen LogP contribution < -0.4 is 20.9 Å². The Hall–Kier alpha value is -2.61. The lowest BCUT2D eigenvalue weighted by Gasteiger charge is -2.35. The van der Waals surface area contributed by atoms with E-state index in [2.05, 4.69) is 47.3 Å². The van der Waals surface area contributed by atoms with Gasteiger partial charge in [-0.25, -0.2) is 15.0 Å². The average molecular weight is 577 g/mol. The molecule has 1 aliphatic rings. The van der Waals surface area contributed by atoms with E-state index < -0.39 is 8.32 Å². The van der Waals surface area contributed by atoms with Gasteiger partial charge in [-0.15, -0.1) is 0 Å². The third-order valence-electron chi connectivity index (χ3n) is 5.81. The number of hydrogen-bond donors (Lipinski definition) is 4. The first kappa shape index (κ1) is 29.9. The molecular formula is C25H37ClN8O2SSi. The van der Waals surface area contributed by atoms with Crippen molar-refractivity contribution in [2.45, 2.75) is 33.9 Å². The van der Waals surface area contributed by atoms with Gasteiger partial charge in [0.1, 0.15) is 22.3 Å². The van der Waals surface area contributed by atoms with E-state index in [9.17, 15) is 9.59 Å². The van der Waals surface area contributed by atoms with Crippen molar-refractivity contribution in [3.05, 3.63) is 58.0 Å². The van der Waals surface area contributed by atoms with E-state index in [0.717, 1.165) is 44.2 Å². The van der Waals surface area contributed by atoms with Crippen molar-refractivity contribution in [1.29, 1.82) is 0 Å². The van der Waals surface area contributed by atoms with Crippen molar-refractivity contribution in [2.75, 3.05) is 49.2 Å². The topological polar surface area (TPSA) is 119 Å². The molecule has 0 aliphatic carbocycles. The summed E-state index contributed by atoms with van der Waals surface area (Å²) in [6.45, 7) is 17.4. The largest absolute Gasteiger partial charge is 0.431 e. The quantitative estimate of drug-likeness (QED) is 0.234. The molecule has 13 heteroatoms. The third kappa shape index (κ3) is 8.72. The van der Waals surface area contributed by atoms with Gasteiger partial charge in [0.15, 0.2) is 13.4 Å². The zero-order valence-corrected chi connectivity index (χ0v) is 25.2. The lowest BCUT2D eigenvalue weighted by Crippen LogP contribution is -2.51. The molecule has 3 rings (SSSR count). The standard InChI is InChI=1S/C25H37ClN8O2SSi/c1-7-17(3)23(19(26)8-2)32-24(35)20-14-28-25(37-20)31-21-13-22(30-18(4)29-21)34-11-9-33(10-12-34)15-27-16-38(5,6)36/h7-8,13-14,27,36H,1,9-12,15-16H2,2-6H3,(H,32,35)(H,28,29,30,31)/b19-8+,23-17+. The number of aryl methyl sites for hydroxylation is 1. The Labute approximate surface area is 234 Å². The molecule has 10 nitrogen and oxygen atoms in total. The summed E-state index contributed by atoms with van der Waals surface area (Å²) in [6.07, 6.45) is 5.57. The summed E-state index contributed by atoms with van der Waals surface area (Å²) in [5, 5.41) is 10.4. The number of nitrogens with zero attached hydrogens (tertiary/aromatic N) is 5. The normalized spacial score (nSPS) is 15.8. The van der Waals surface area contributed by atoms with Crippen LogP contribution in [0.3, 0.4) is 0 Å². The van der Waals surface area contributed by atoms with Gasteiger partial charge in [0, 0.05) is 45.1 Å². The van der Waals surface area contributed by atoms with Crippen molar-refractivity contribution < 1.29 is 9.59 Å². The van der Waals surface area contributed by atoms with Crippen molar-refractivity contribution in [3.8, 4) is 0 Å². The molecule has 4 N–H and O–H groups in total. The Morgan fingerprint density at radius 1 is 1.29 bits per heavy atom. The maximum Gasteiger partial charge on any atom is 0.267 e. The number of nitrogens with one attached hydrogen (secondary N) is 3. The number of aromatic nitrogens is 3. The average Bonchev–Trinajstić information content (AvgIpc) is 3.34. The maximum atomic E-state index is 12.8. The van der Waals surface area contributed by atoms with Gasteiger partial charge in [0.25, 0.3) is 5.91 Å². The Bertz CT molecular complexity index is 1200. The number of carbonyl (C=O) groups is 1. The molecule has 0 aromatic carbocycles. The second-order valence-corrected chi connectivity index (χ2v) is 15.1. The van der Waals surface area contributed by atoms with Gasteiger partial charge >= 0.3 is 0 Å². The summed E-state index contributed by atoms with van der Waals surface area (Å²) in [5.41, 5.74) is 1.28. The number of hydrogen-bond acceptors (Lipinski definition) is 10. The summed E-state index contributed by atoms with van der Waals surface area (Å²) in [4.78, 5) is 41.4. The van der Waals surface area contributed by atoms with Gasteiger partial charge in [-0.3, -0.25) is 9.69 Å². The Morgan fingerprint density at radius 3 is 2.63 bits per heavy atom. The van der Waals surface area contributed by atoms with Crippen LogP contribution in [0.15, 0.2) is 47.3 Å². The molecule has 0 saturated carbocycles. The maximum absolute atomic E-state index is 12.8. The molecule has 1 fully saturated rings. The number of amides is 1. The fourth-order valence-electron chi connectivity index (χ4n) is 3.75. The van der Waals surface area contributed by atoms with Crippen LogP contribution in [0.1, 0.15) is 29.3 Å². The molecular weight excluding hydrogens is 540 g/mol. The zero-order valence-electron chi connectivity index (χ0n) is 22.6. The monoisotopic (exact) mass is 576 g/mol. The van der Waals surface area contributed by atoms with Gasteiger partial charge < -0.3 is 25.6 Å². The Kier molecular flexibility index (Phi) is 10.6. The van der Waals surface area contributed by atoms with E-state index >= 15 is 0 Å². The number of thiazole rings is 1. The molecule has 206 valence electrons. The van der Waals surface area contributed by atoms with E-state index in [1.54, 1.807) is 19.1 Å². The highest BCUT2D eigenvalue weighted by molar-refractivity contribution is 7.17. The zero-order chi connectivity index (χ0) is 27.9. The molecule has 38 heavy (non-hydrogen) atoms. The summed E-state index contributed by atoms with van der Waals surface area (Å²) >= 11 is 7.50. The van der Waals surface area contributed by atoms with Crippen LogP contribution in [-0.4, -0.2) is 77.9 Å². The summed E-state index contributed by atoms with van der Waals surface area (Å²) in [7, 11) is -2.09. The number of piperazine rings is 1. The highest BCUT2D eigenvalue weighted by Crippen LogP contribution is 2.25. The number of anilines is 3. The van der Waals surface area contributed by atoms with E-state index in [1.165, 1.54) is 17.5 Å². The fourth-order valence-corrected chi connectivity index (χ4v) is 5.39. The summed E-state index contributed by atoms with van der Waals surface area (Å²) in [6, 6.07) is 1.90. The number of carbonyl (C=O) groups excluding carboxylic acids is 1. The Morgan fingerprint density at radius 2 is 2.00 bits per heavy atom. The molecule has 1 amide bonds. The molecule has 1 aliphatic heterocycles. The first-order chi connectivity index (χ1) is 18.0. The highest BCUT2D eigenvalue weighted by Gasteiger charge is 2.21. The molecule has 0 atom stereocenters. The molecule has 3 heterocycles. The predicted octanol–water partition coefficient (Wildman–Crippen LogP) is 3.72. The predicted molar refractivity (Wildman–Crippen MR) is 158 cm³/mol. The number of allylic oxidation sites excluding steroid dienone is 4. The van der Waals surface area contributed by atoms with Crippen molar-refractivity contribution in [2.24, 2.45) is 0 Å². The van der Waals surface area contributed by atoms with E-state index in [4.69, 9.17) is 11.6 Å². The molecule has 2 aromatic heterocycles. The molecule has 0 radical (unpaired) electrons. The van der Waals surface area contributed by atoms with Crippen molar-refractivity contribution >= 4 is 53.9 Å². The minimum Gasteiger partial charge on any atom is -0.431 e. The van der Waals surface area contributed by atoms with Crippen LogP contribution in [0.5, 0.6) is 0 Å². The van der Waals surface area contributed by atoms with Crippen LogP contribution in [0.25, 0.3) is 0 Å². The van der Waals surface area contributed by atoms with Gasteiger partial charge in [-0.05, 0) is 39.4 Å². The van der Waals surface area contributed by atoms with Gasteiger partial charge in [-0.2, -0.15) is 0 Å². The minimum atomic E-state index is -2.09. The first-order valence-corrected chi connectivity index (χ1v) is 16.8.